The Morgan fingerprint density at radius 2 is 1.72 bits per heavy atom. The zero-order valence-electron chi connectivity index (χ0n) is 17.3. The molecule has 0 radical (unpaired) electrons. The van der Waals surface area contributed by atoms with E-state index in [9.17, 15) is 27.1 Å². The van der Waals surface area contributed by atoms with E-state index >= 15 is 0 Å². The molecule has 0 spiro atoms. The number of hydrogen-bond acceptors (Lipinski definition) is 4. The Kier molecular flexibility index (Phi) is 5.60. The molecule has 1 amide bonds. The number of sulfone groups is 1. The Morgan fingerprint density at radius 3 is 2.34 bits per heavy atom. The topological polar surface area (TPSA) is 74.7 Å². The van der Waals surface area contributed by atoms with Crippen molar-refractivity contribution in [2.75, 3.05) is 13.1 Å². The van der Waals surface area contributed by atoms with Crippen LogP contribution in [0.15, 0.2) is 71.6 Å². The van der Waals surface area contributed by atoms with Crippen molar-refractivity contribution in [1.82, 2.24) is 4.90 Å². The van der Waals surface area contributed by atoms with Crippen LogP contribution in [-0.4, -0.2) is 37.4 Å². The number of halogens is 2. The molecular weight excluding hydrogens is 436 g/mol. The first-order valence-corrected chi connectivity index (χ1v) is 11.6. The zero-order valence-corrected chi connectivity index (χ0v) is 18.1. The van der Waals surface area contributed by atoms with E-state index < -0.39 is 37.7 Å². The van der Waals surface area contributed by atoms with Gasteiger partial charge in [0.1, 0.15) is 22.1 Å². The van der Waals surface area contributed by atoms with Crippen molar-refractivity contribution < 1.29 is 27.1 Å². The summed E-state index contributed by atoms with van der Waals surface area (Å²) < 4.78 is 51.9. The molecule has 0 atom stereocenters. The Morgan fingerprint density at radius 1 is 1.03 bits per heavy atom. The molecule has 166 valence electrons. The molecule has 0 aromatic heterocycles. The lowest BCUT2D eigenvalue weighted by molar-refractivity contribution is -0.0863. The number of nitrogens with zero attached hydrogens (tertiary/aromatic N) is 1. The SMILES string of the molecule is Cc1cccc(C2(O)CN(C(=O)c3ccc(CS(=O)(=O)c4ccc(F)cc4F)cc3)C2)c1. The van der Waals surface area contributed by atoms with Gasteiger partial charge >= 0.3 is 0 Å². The van der Waals surface area contributed by atoms with E-state index in [4.69, 9.17) is 0 Å². The van der Waals surface area contributed by atoms with E-state index in [1.165, 1.54) is 29.2 Å². The molecule has 3 aromatic carbocycles. The van der Waals surface area contributed by atoms with Crippen LogP contribution in [0.4, 0.5) is 8.78 Å². The third kappa shape index (κ3) is 4.28. The van der Waals surface area contributed by atoms with Gasteiger partial charge in [0.05, 0.1) is 18.8 Å². The smallest absolute Gasteiger partial charge is 0.254 e. The molecule has 4 rings (SSSR count). The van der Waals surface area contributed by atoms with Gasteiger partial charge in [-0.3, -0.25) is 4.79 Å². The molecule has 1 aliphatic heterocycles. The quantitative estimate of drug-likeness (QED) is 0.595. The van der Waals surface area contributed by atoms with Crippen LogP contribution in [0.1, 0.15) is 27.0 Å². The van der Waals surface area contributed by atoms with Crippen LogP contribution in [-0.2, 0) is 21.2 Å². The summed E-state index contributed by atoms with van der Waals surface area (Å²) in [6, 6.07) is 15.8. The summed E-state index contributed by atoms with van der Waals surface area (Å²) in [5.41, 5.74) is 1.41. The van der Waals surface area contributed by atoms with Gasteiger partial charge in [-0.25, -0.2) is 17.2 Å². The van der Waals surface area contributed by atoms with Gasteiger partial charge in [0, 0.05) is 11.6 Å². The van der Waals surface area contributed by atoms with Crippen molar-refractivity contribution in [3.63, 3.8) is 0 Å². The Labute approximate surface area is 184 Å². The lowest BCUT2D eigenvalue weighted by Crippen LogP contribution is -2.61. The molecule has 0 bridgehead atoms. The molecule has 0 unspecified atom stereocenters. The second kappa shape index (κ2) is 8.11. The summed E-state index contributed by atoms with van der Waals surface area (Å²) in [6.07, 6.45) is 0. The molecule has 1 aliphatic rings. The average molecular weight is 457 g/mol. The van der Waals surface area contributed by atoms with E-state index in [1.807, 2.05) is 31.2 Å². The number of hydrogen-bond donors (Lipinski definition) is 1. The lowest BCUT2D eigenvalue weighted by Gasteiger charge is -2.46. The van der Waals surface area contributed by atoms with Gasteiger partial charge < -0.3 is 10.0 Å². The van der Waals surface area contributed by atoms with Crippen molar-refractivity contribution in [3.05, 3.63) is 101 Å². The summed E-state index contributed by atoms with van der Waals surface area (Å²) in [5.74, 6) is -2.76. The summed E-state index contributed by atoms with van der Waals surface area (Å²) in [4.78, 5) is 13.7. The first-order valence-electron chi connectivity index (χ1n) is 9.93. The minimum absolute atomic E-state index is 0.162. The van der Waals surface area contributed by atoms with Gasteiger partial charge in [0.25, 0.3) is 5.91 Å². The van der Waals surface area contributed by atoms with Crippen LogP contribution < -0.4 is 0 Å². The molecule has 0 saturated carbocycles. The van der Waals surface area contributed by atoms with Gasteiger partial charge in [-0.05, 0) is 42.3 Å². The maximum Gasteiger partial charge on any atom is 0.254 e. The van der Waals surface area contributed by atoms with Crippen LogP contribution >= 0.6 is 0 Å². The van der Waals surface area contributed by atoms with Gasteiger partial charge in [0.2, 0.25) is 0 Å². The maximum absolute atomic E-state index is 13.9. The normalized spacial score (nSPS) is 15.3. The minimum Gasteiger partial charge on any atom is -0.381 e. The Balaban J connectivity index is 1.43. The molecule has 5 nitrogen and oxygen atoms in total. The van der Waals surface area contributed by atoms with Crippen LogP contribution in [0, 0.1) is 18.6 Å². The molecule has 1 fully saturated rings. The number of rotatable bonds is 5. The van der Waals surface area contributed by atoms with Crippen LogP contribution in [0.5, 0.6) is 0 Å². The highest BCUT2D eigenvalue weighted by molar-refractivity contribution is 7.90. The van der Waals surface area contributed by atoms with Crippen LogP contribution in [0.25, 0.3) is 0 Å². The fraction of sp³-hybridized carbons (Fsp3) is 0.208. The molecule has 8 heteroatoms. The first-order chi connectivity index (χ1) is 15.1. The molecular formula is C24H21F2NO4S. The van der Waals surface area contributed by atoms with Gasteiger partial charge in [-0.2, -0.15) is 0 Å². The fourth-order valence-corrected chi connectivity index (χ4v) is 5.21. The highest BCUT2D eigenvalue weighted by Crippen LogP contribution is 2.33. The highest BCUT2D eigenvalue weighted by Gasteiger charge is 2.45. The third-order valence-electron chi connectivity index (χ3n) is 5.53. The maximum atomic E-state index is 13.9. The van der Waals surface area contributed by atoms with E-state index in [0.717, 1.165) is 23.3 Å². The van der Waals surface area contributed by atoms with E-state index in [-0.39, 0.29) is 19.0 Å². The number of carbonyl (C=O) groups excluding carboxylic acids is 1. The minimum atomic E-state index is -4.02. The largest absolute Gasteiger partial charge is 0.381 e. The van der Waals surface area contributed by atoms with Gasteiger partial charge in [0.15, 0.2) is 9.84 Å². The Bertz CT molecular complexity index is 1280. The Hall–Kier alpha value is -3.10. The number of aryl methyl sites for hydroxylation is 1. The monoisotopic (exact) mass is 457 g/mol. The summed E-state index contributed by atoms with van der Waals surface area (Å²) in [5, 5.41) is 10.8. The molecule has 1 saturated heterocycles. The van der Waals surface area contributed by atoms with Crippen LogP contribution in [0.2, 0.25) is 0 Å². The summed E-state index contributed by atoms with van der Waals surface area (Å²) >= 11 is 0. The molecule has 1 heterocycles. The van der Waals surface area contributed by atoms with E-state index in [2.05, 4.69) is 0 Å². The summed E-state index contributed by atoms with van der Waals surface area (Å²) in [7, 11) is -4.02. The second-order valence-corrected chi connectivity index (χ2v) is 10.1. The predicted molar refractivity (Wildman–Crippen MR) is 115 cm³/mol. The second-order valence-electron chi connectivity index (χ2n) is 8.09. The van der Waals surface area contributed by atoms with Crippen molar-refractivity contribution in [3.8, 4) is 0 Å². The van der Waals surface area contributed by atoms with Crippen molar-refractivity contribution >= 4 is 15.7 Å². The molecule has 3 aromatic rings. The standard InChI is InChI=1S/C24H21F2NO4S/c1-16-3-2-4-19(11-16)24(29)14-27(15-24)23(28)18-7-5-17(6-8-18)13-32(30,31)22-10-9-20(25)12-21(22)26/h2-12,29H,13-15H2,1H3. The van der Waals surface area contributed by atoms with Crippen molar-refractivity contribution in [2.45, 2.75) is 23.2 Å². The fourth-order valence-electron chi connectivity index (χ4n) is 3.80. The van der Waals surface area contributed by atoms with E-state index in [1.54, 1.807) is 0 Å². The van der Waals surface area contributed by atoms with Gasteiger partial charge in [-0.15, -0.1) is 0 Å². The van der Waals surface area contributed by atoms with E-state index in [0.29, 0.717) is 17.2 Å². The summed E-state index contributed by atoms with van der Waals surface area (Å²) in [6.45, 7) is 2.26. The van der Waals surface area contributed by atoms with Gasteiger partial charge in [-0.1, -0.05) is 42.0 Å². The average Bonchev–Trinajstić information content (AvgIpc) is 2.71. The number of amides is 1. The number of β-amino-alcohol motifs (C(OH)–C–C–N with tert-alkyl or cyclic N) is 1. The van der Waals surface area contributed by atoms with Crippen molar-refractivity contribution in [1.29, 1.82) is 0 Å². The number of benzene rings is 3. The highest BCUT2D eigenvalue weighted by atomic mass is 32.2. The van der Waals surface area contributed by atoms with Crippen LogP contribution in [0.3, 0.4) is 0 Å². The molecule has 0 aliphatic carbocycles. The first kappa shape index (κ1) is 22.1. The molecule has 32 heavy (non-hydrogen) atoms. The lowest BCUT2D eigenvalue weighted by atomic mass is 9.85. The number of likely N-dealkylation sites (tertiary alicyclic amines) is 1. The molecule has 1 N–H and O–H groups in total. The predicted octanol–water partition coefficient (Wildman–Crippen LogP) is 3.59. The zero-order chi connectivity index (χ0) is 23.1. The van der Waals surface area contributed by atoms with Crippen molar-refractivity contribution in [2.24, 2.45) is 0 Å². The number of carbonyl (C=O) groups is 1. The third-order valence-corrected chi connectivity index (χ3v) is 7.25. The number of aliphatic hydroxyl groups is 1.